The molecule has 3 rings (SSSR count). The summed E-state index contributed by atoms with van der Waals surface area (Å²) < 4.78 is 0. The zero-order chi connectivity index (χ0) is 15.2. The fourth-order valence-corrected chi connectivity index (χ4v) is 3.05. The highest BCUT2D eigenvalue weighted by Crippen LogP contribution is 2.21. The second-order valence-corrected chi connectivity index (χ2v) is 6.12. The first-order chi connectivity index (χ1) is 10.8. The molecular formula is C18H16N2OS. The van der Waals surface area contributed by atoms with Gasteiger partial charge in [-0.1, -0.05) is 60.7 Å². The molecule has 0 aliphatic carbocycles. The van der Waals surface area contributed by atoms with Gasteiger partial charge >= 0.3 is 0 Å². The van der Waals surface area contributed by atoms with Gasteiger partial charge in [-0.15, -0.1) is 11.3 Å². The van der Waals surface area contributed by atoms with Crippen molar-refractivity contribution in [2.75, 3.05) is 5.32 Å². The zero-order valence-electron chi connectivity index (χ0n) is 12.0. The third-order valence-electron chi connectivity index (χ3n) is 3.23. The summed E-state index contributed by atoms with van der Waals surface area (Å²) in [5.74, 6) is -0.0354. The average Bonchev–Trinajstić information content (AvgIpc) is 2.96. The van der Waals surface area contributed by atoms with Crippen LogP contribution in [0.2, 0.25) is 0 Å². The van der Waals surface area contributed by atoms with E-state index >= 15 is 0 Å². The molecule has 1 aromatic heterocycles. The molecule has 1 amide bonds. The van der Waals surface area contributed by atoms with Gasteiger partial charge in [0.15, 0.2) is 5.13 Å². The Kier molecular flexibility index (Phi) is 4.61. The Balaban J connectivity index is 1.58. The third kappa shape index (κ3) is 4.02. The van der Waals surface area contributed by atoms with E-state index in [9.17, 15) is 4.79 Å². The van der Waals surface area contributed by atoms with Gasteiger partial charge in [0.1, 0.15) is 0 Å². The summed E-state index contributed by atoms with van der Waals surface area (Å²) in [6.45, 7) is 0. The van der Waals surface area contributed by atoms with Crippen LogP contribution in [-0.2, 0) is 17.6 Å². The maximum absolute atomic E-state index is 12.0. The van der Waals surface area contributed by atoms with Crippen molar-refractivity contribution in [2.24, 2.45) is 0 Å². The van der Waals surface area contributed by atoms with Crippen molar-refractivity contribution in [3.05, 3.63) is 82.9 Å². The molecule has 0 saturated carbocycles. The maximum Gasteiger partial charge on any atom is 0.230 e. The number of nitrogens with one attached hydrogen (secondary N) is 1. The van der Waals surface area contributed by atoms with E-state index in [1.165, 1.54) is 16.9 Å². The van der Waals surface area contributed by atoms with Crippen LogP contribution in [0.15, 0.2) is 66.9 Å². The molecule has 0 saturated heterocycles. The summed E-state index contributed by atoms with van der Waals surface area (Å²) in [6.07, 6.45) is 3.04. The van der Waals surface area contributed by atoms with Crippen molar-refractivity contribution >= 4 is 22.4 Å². The van der Waals surface area contributed by atoms with Crippen LogP contribution in [-0.4, -0.2) is 10.9 Å². The molecule has 3 nitrogen and oxygen atoms in total. The average molecular weight is 308 g/mol. The van der Waals surface area contributed by atoms with E-state index in [0.717, 1.165) is 16.9 Å². The van der Waals surface area contributed by atoms with Gasteiger partial charge in [-0.25, -0.2) is 4.98 Å². The first kappa shape index (κ1) is 14.5. The molecule has 1 heterocycles. The lowest BCUT2D eigenvalue weighted by atomic mass is 10.1. The highest BCUT2D eigenvalue weighted by atomic mass is 32.1. The predicted octanol–water partition coefficient (Wildman–Crippen LogP) is 3.92. The SMILES string of the molecule is O=C(Cc1ccccc1)Nc1ncc(Cc2ccccc2)s1. The number of rotatable bonds is 5. The molecule has 0 radical (unpaired) electrons. The number of amides is 1. The monoisotopic (exact) mass is 308 g/mol. The second kappa shape index (κ2) is 7.00. The highest BCUT2D eigenvalue weighted by Gasteiger charge is 2.08. The molecular weight excluding hydrogens is 292 g/mol. The lowest BCUT2D eigenvalue weighted by molar-refractivity contribution is -0.115. The van der Waals surface area contributed by atoms with Crippen molar-refractivity contribution in [2.45, 2.75) is 12.8 Å². The van der Waals surface area contributed by atoms with Gasteiger partial charge in [0, 0.05) is 17.5 Å². The van der Waals surface area contributed by atoms with E-state index in [1.807, 2.05) is 54.7 Å². The molecule has 0 spiro atoms. The van der Waals surface area contributed by atoms with Crippen molar-refractivity contribution in [1.29, 1.82) is 0 Å². The summed E-state index contributed by atoms with van der Waals surface area (Å²) in [4.78, 5) is 17.4. The van der Waals surface area contributed by atoms with Crippen LogP contribution in [0.25, 0.3) is 0 Å². The molecule has 0 unspecified atom stereocenters. The summed E-state index contributed by atoms with van der Waals surface area (Å²) in [5.41, 5.74) is 2.24. The maximum atomic E-state index is 12.0. The summed E-state index contributed by atoms with van der Waals surface area (Å²) in [7, 11) is 0. The Hall–Kier alpha value is -2.46. The quantitative estimate of drug-likeness (QED) is 0.776. The summed E-state index contributed by atoms with van der Waals surface area (Å²) in [5, 5.41) is 3.52. The van der Waals surface area contributed by atoms with Crippen LogP contribution in [0.3, 0.4) is 0 Å². The number of nitrogens with zero attached hydrogens (tertiary/aromatic N) is 1. The van der Waals surface area contributed by atoms with E-state index in [2.05, 4.69) is 22.4 Å². The standard InChI is InChI=1S/C18H16N2OS/c21-17(12-15-9-5-2-6-10-15)20-18-19-13-16(22-18)11-14-7-3-1-4-8-14/h1-10,13H,11-12H2,(H,19,20,21). The molecule has 0 atom stereocenters. The normalized spacial score (nSPS) is 10.4. The van der Waals surface area contributed by atoms with Gasteiger partial charge in [0.05, 0.1) is 6.42 Å². The number of hydrogen-bond acceptors (Lipinski definition) is 3. The highest BCUT2D eigenvalue weighted by molar-refractivity contribution is 7.15. The van der Waals surface area contributed by atoms with E-state index in [1.54, 1.807) is 0 Å². The van der Waals surface area contributed by atoms with E-state index in [0.29, 0.717) is 11.6 Å². The largest absolute Gasteiger partial charge is 0.302 e. The van der Waals surface area contributed by atoms with Crippen molar-refractivity contribution in [3.8, 4) is 0 Å². The van der Waals surface area contributed by atoms with Crippen LogP contribution in [0.4, 0.5) is 5.13 Å². The predicted molar refractivity (Wildman–Crippen MR) is 90.1 cm³/mol. The number of anilines is 1. The first-order valence-electron chi connectivity index (χ1n) is 7.12. The molecule has 0 aliphatic heterocycles. The molecule has 110 valence electrons. The summed E-state index contributed by atoms with van der Waals surface area (Å²) >= 11 is 1.52. The van der Waals surface area contributed by atoms with Gasteiger partial charge in [0.2, 0.25) is 5.91 Å². The van der Waals surface area contributed by atoms with Crippen LogP contribution in [0.5, 0.6) is 0 Å². The second-order valence-electron chi connectivity index (χ2n) is 5.00. The van der Waals surface area contributed by atoms with Gasteiger partial charge in [-0.3, -0.25) is 4.79 Å². The molecule has 0 fully saturated rings. The van der Waals surface area contributed by atoms with Gasteiger partial charge in [-0.2, -0.15) is 0 Å². The molecule has 1 N–H and O–H groups in total. The zero-order valence-corrected chi connectivity index (χ0v) is 12.8. The van der Waals surface area contributed by atoms with Crippen molar-refractivity contribution in [3.63, 3.8) is 0 Å². The molecule has 0 bridgehead atoms. The van der Waals surface area contributed by atoms with Crippen molar-refractivity contribution in [1.82, 2.24) is 4.98 Å². The minimum Gasteiger partial charge on any atom is -0.302 e. The van der Waals surface area contributed by atoms with E-state index < -0.39 is 0 Å². The number of benzene rings is 2. The van der Waals surface area contributed by atoms with Crippen molar-refractivity contribution < 1.29 is 4.79 Å². The lowest BCUT2D eigenvalue weighted by Crippen LogP contribution is -2.13. The number of aromatic nitrogens is 1. The van der Waals surface area contributed by atoms with Crippen LogP contribution in [0.1, 0.15) is 16.0 Å². The number of carbonyl (C=O) groups is 1. The molecule has 0 aliphatic rings. The Morgan fingerprint density at radius 1 is 0.955 bits per heavy atom. The first-order valence-corrected chi connectivity index (χ1v) is 7.93. The molecule has 3 aromatic rings. The molecule has 2 aromatic carbocycles. The summed E-state index contributed by atoms with van der Waals surface area (Å²) in [6, 6.07) is 19.9. The third-order valence-corrected chi connectivity index (χ3v) is 4.14. The lowest BCUT2D eigenvalue weighted by Gasteiger charge is -2.01. The number of thiazole rings is 1. The van der Waals surface area contributed by atoms with Gasteiger partial charge < -0.3 is 5.32 Å². The van der Waals surface area contributed by atoms with Crippen LogP contribution < -0.4 is 5.32 Å². The topological polar surface area (TPSA) is 42.0 Å². The fourth-order valence-electron chi connectivity index (χ4n) is 2.19. The Labute approximate surface area is 133 Å². The number of carbonyl (C=O) groups excluding carboxylic acids is 1. The molecule has 22 heavy (non-hydrogen) atoms. The van der Waals surface area contributed by atoms with E-state index in [-0.39, 0.29) is 5.91 Å². The van der Waals surface area contributed by atoms with Crippen LogP contribution >= 0.6 is 11.3 Å². The van der Waals surface area contributed by atoms with Gasteiger partial charge in [-0.05, 0) is 11.1 Å². The fraction of sp³-hybridized carbons (Fsp3) is 0.111. The van der Waals surface area contributed by atoms with Crippen LogP contribution in [0, 0.1) is 0 Å². The molecule has 4 heteroatoms. The Bertz CT molecular complexity index is 738. The van der Waals surface area contributed by atoms with Gasteiger partial charge in [0.25, 0.3) is 0 Å². The van der Waals surface area contributed by atoms with E-state index in [4.69, 9.17) is 0 Å². The Morgan fingerprint density at radius 2 is 1.59 bits per heavy atom. The Morgan fingerprint density at radius 3 is 2.27 bits per heavy atom. The smallest absolute Gasteiger partial charge is 0.230 e. The number of hydrogen-bond donors (Lipinski definition) is 1. The minimum absolute atomic E-state index is 0.0354. The minimum atomic E-state index is -0.0354.